The normalized spacial score (nSPS) is 24.9. The molecule has 1 saturated heterocycles. The lowest BCUT2D eigenvalue weighted by Crippen LogP contribution is -2.43. The van der Waals surface area contributed by atoms with Crippen LogP contribution in [-0.2, 0) is 7.05 Å². The highest BCUT2D eigenvalue weighted by atomic mass is 15.2. The van der Waals surface area contributed by atoms with Crippen LogP contribution in [0.25, 0.3) is 0 Å². The van der Waals surface area contributed by atoms with E-state index in [1.165, 1.54) is 57.3 Å². The van der Waals surface area contributed by atoms with Crippen LogP contribution < -0.4 is 5.73 Å². The SMILES string of the molecule is Cn1cncc1C(CN)N1CCC2(CCCC2)CC1. The zero-order valence-corrected chi connectivity index (χ0v) is 12.0. The van der Waals surface area contributed by atoms with E-state index < -0.39 is 0 Å². The molecule has 1 saturated carbocycles. The third kappa shape index (κ3) is 2.43. The minimum Gasteiger partial charge on any atom is -0.336 e. The summed E-state index contributed by atoms with van der Waals surface area (Å²) in [6, 6.07) is 0.339. The Morgan fingerprint density at radius 3 is 2.47 bits per heavy atom. The van der Waals surface area contributed by atoms with Gasteiger partial charge in [-0.15, -0.1) is 0 Å². The van der Waals surface area contributed by atoms with Crippen LogP contribution in [0.3, 0.4) is 0 Å². The number of nitrogens with zero attached hydrogens (tertiary/aromatic N) is 3. The lowest BCUT2D eigenvalue weighted by atomic mass is 9.76. The molecule has 2 heterocycles. The summed E-state index contributed by atoms with van der Waals surface area (Å²) in [4.78, 5) is 6.81. The van der Waals surface area contributed by atoms with E-state index in [-0.39, 0.29) is 0 Å². The summed E-state index contributed by atoms with van der Waals surface area (Å²) < 4.78 is 2.11. The fourth-order valence-corrected chi connectivity index (χ4v) is 4.08. The number of aromatic nitrogens is 2. The molecule has 1 aliphatic heterocycles. The third-order valence-corrected chi connectivity index (χ3v) is 5.38. The van der Waals surface area contributed by atoms with Crippen LogP contribution in [0.4, 0.5) is 0 Å². The highest BCUT2D eigenvalue weighted by molar-refractivity contribution is 5.07. The van der Waals surface area contributed by atoms with Crippen molar-refractivity contribution in [1.82, 2.24) is 14.5 Å². The number of imidazole rings is 1. The van der Waals surface area contributed by atoms with Crippen molar-refractivity contribution in [2.45, 2.75) is 44.6 Å². The van der Waals surface area contributed by atoms with Gasteiger partial charge in [0.05, 0.1) is 18.1 Å². The number of hydrogen-bond acceptors (Lipinski definition) is 3. The van der Waals surface area contributed by atoms with Gasteiger partial charge in [0.2, 0.25) is 0 Å². The maximum atomic E-state index is 6.03. The van der Waals surface area contributed by atoms with Crippen LogP contribution in [0.2, 0.25) is 0 Å². The van der Waals surface area contributed by atoms with Crippen LogP contribution >= 0.6 is 0 Å². The molecule has 1 aliphatic carbocycles. The molecule has 106 valence electrons. The third-order valence-electron chi connectivity index (χ3n) is 5.38. The standard InChI is InChI=1S/C15H26N4/c1-18-12-17-11-14(18)13(10-16)19-8-6-15(7-9-19)4-2-3-5-15/h11-13H,2-10,16H2,1H3. The van der Waals surface area contributed by atoms with Gasteiger partial charge in [-0.25, -0.2) is 4.98 Å². The molecule has 4 heteroatoms. The van der Waals surface area contributed by atoms with Gasteiger partial charge < -0.3 is 10.3 Å². The van der Waals surface area contributed by atoms with E-state index in [0.29, 0.717) is 18.0 Å². The summed E-state index contributed by atoms with van der Waals surface area (Å²) in [5.41, 5.74) is 7.96. The van der Waals surface area contributed by atoms with E-state index in [2.05, 4.69) is 21.5 Å². The first-order valence-electron chi connectivity index (χ1n) is 7.64. The molecule has 4 nitrogen and oxygen atoms in total. The van der Waals surface area contributed by atoms with Crippen LogP contribution in [-0.4, -0.2) is 34.1 Å². The summed E-state index contributed by atoms with van der Waals surface area (Å²) in [5, 5.41) is 0. The molecule has 1 aromatic heterocycles. The number of aryl methyl sites for hydroxylation is 1. The number of hydrogen-bond donors (Lipinski definition) is 1. The first-order chi connectivity index (χ1) is 9.24. The molecule has 3 rings (SSSR count). The second kappa shape index (κ2) is 5.25. The predicted octanol–water partition coefficient (Wildman–Crippen LogP) is 2.08. The maximum Gasteiger partial charge on any atom is 0.0946 e. The summed E-state index contributed by atoms with van der Waals surface area (Å²) in [5.74, 6) is 0. The van der Waals surface area contributed by atoms with Crippen LogP contribution in [0, 0.1) is 5.41 Å². The molecule has 19 heavy (non-hydrogen) atoms. The minimum atomic E-state index is 0.339. The molecule has 2 fully saturated rings. The molecule has 0 bridgehead atoms. The summed E-state index contributed by atoms with van der Waals surface area (Å²) in [7, 11) is 2.06. The summed E-state index contributed by atoms with van der Waals surface area (Å²) in [6.45, 7) is 3.09. The van der Waals surface area contributed by atoms with Crippen molar-refractivity contribution < 1.29 is 0 Å². The number of rotatable bonds is 3. The number of likely N-dealkylation sites (tertiary alicyclic amines) is 1. The zero-order chi connectivity index (χ0) is 13.3. The molecule has 1 aromatic rings. The fraction of sp³-hybridized carbons (Fsp3) is 0.800. The van der Waals surface area contributed by atoms with Crippen LogP contribution in [0.1, 0.15) is 50.3 Å². The second-order valence-electron chi connectivity index (χ2n) is 6.42. The Morgan fingerprint density at radius 1 is 1.26 bits per heavy atom. The quantitative estimate of drug-likeness (QED) is 0.907. The average Bonchev–Trinajstić information content (AvgIpc) is 3.04. The molecule has 0 amide bonds. The molecule has 0 radical (unpaired) electrons. The van der Waals surface area contributed by atoms with Gasteiger partial charge in [0, 0.05) is 19.8 Å². The average molecular weight is 262 g/mol. The van der Waals surface area contributed by atoms with Gasteiger partial charge in [-0.1, -0.05) is 12.8 Å². The van der Waals surface area contributed by atoms with Crippen molar-refractivity contribution in [3.8, 4) is 0 Å². The van der Waals surface area contributed by atoms with Gasteiger partial charge in [-0.05, 0) is 44.2 Å². The summed E-state index contributed by atoms with van der Waals surface area (Å²) >= 11 is 0. The zero-order valence-electron chi connectivity index (χ0n) is 12.0. The predicted molar refractivity (Wildman–Crippen MR) is 76.7 cm³/mol. The largest absolute Gasteiger partial charge is 0.336 e. The molecule has 1 unspecified atom stereocenters. The molecule has 1 atom stereocenters. The molecular weight excluding hydrogens is 236 g/mol. The van der Waals surface area contributed by atoms with Gasteiger partial charge in [-0.2, -0.15) is 0 Å². The Bertz CT molecular complexity index is 410. The molecule has 0 aromatic carbocycles. The Hall–Kier alpha value is -0.870. The van der Waals surface area contributed by atoms with Crippen LogP contribution in [0.5, 0.6) is 0 Å². The molecule has 2 N–H and O–H groups in total. The van der Waals surface area contributed by atoms with Gasteiger partial charge in [0.15, 0.2) is 0 Å². The second-order valence-corrected chi connectivity index (χ2v) is 6.42. The lowest BCUT2D eigenvalue weighted by molar-refractivity contribution is 0.0757. The van der Waals surface area contributed by atoms with Gasteiger partial charge in [0.1, 0.15) is 0 Å². The maximum absolute atomic E-state index is 6.03. The Labute approximate surface area is 116 Å². The van der Waals surface area contributed by atoms with Gasteiger partial charge >= 0.3 is 0 Å². The monoisotopic (exact) mass is 262 g/mol. The van der Waals surface area contributed by atoms with Crippen LogP contribution in [0.15, 0.2) is 12.5 Å². The Kier molecular flexibility index (Phi) is 3.63. The van der Waals surface area contributed by atoms with Crippen molar-refractivity contribution in [2.24, 2.45) is 18.2 Å². The van der Waals surface area contributed by atoms with Gasteiger partial charge in [0.25, 0.3) is 0 Å². The Balaban J connectivity index is 1.68. The fourth-order valence-electron chi connectivity index (χ4n) is 4.08. The van der Waals surface area contributed by atoms with E-state index in [1.807, 2.05) is 12.5 Å². The lowest BCUT2D eigenvalue weighted by Gasteiger charge is -2.42. The van der Waals surface area contributed by atoms with E-state index >= 15 is 0 Å². The van der Waals surface area contributed by atoms with Crippen molar-refractivity contribution in [2.75, 3.05) is 19.6 Å². The first-order valence-corrected chi connectivity index (χ1v) is 7.64. The van der Waals surface area contributed by atoms with E-state index in [0.717, 1.165) is 0 Å². The smallest absolute Gasteiger partial charge is 0.0946 e. The molecule has 2 aliphatic rings. The van der Waals surface area contributed by atoms with E-state index in [1.54, 1.807) is 0 Å². The van der Waals surface area contributed by atoms with Gasteiger partial charge in [-0.3, -0.25) is 4.90 Å². The van der Waals surface area contributed by atoms with Crippen molar-refractivity contribution >= 4 is 0 Å². The highest BCUT2D eigenvalue weighted by Gasteiger charge is 2.38. The first kappa shape index (κ1) is 13.1. The highest BCUT2D eigenvalue weighted by Crippen LogP contribution is 2.47. The molecular formula is C15H26N4. The van der Waals surface area contributed by atoms with E-state index in [4.69, 9.17) is 5.73 Å². The number of nitrogens with two attached hydrogens (primary N) is 1. The Morgan fingerprint density at radius 2 is 1.95 bits per heavy atom. The minimum absolute atomic E-state index is 0.339. The molecule has 1 spiro atoms. The summed E-state index contributed by atoms with van der Waals surface area (Å²) in [6.07, 6.45) is 12.4. The van der Waals surface area contributed by atoms with Crippen molar-refractivity contribution in [3.63, 3.8) is 0 Å². The van der Waals surface area contributed by atoms with Crippen molar-refractivity contribution in [3.05, 3.63) is 18.2 Å². The van der Waals surface area contributed by atoms with Crippen molar-refractivity contribution in [1.29, 1.82) is 0 Å². The number of piperidine rings is 1. The van der Waals surface area contributed by atoms with E-state index in [9.17, 15) is 0 Å². The topological polar surface area (TPSA) is 47.1 Å².